The number of nitrogens with one attached hydrogen (secondary N) is 1. The number of hydrogen-bond donors (Lipinski definition) is 2. The van der Waals surface area contributed by atoms with Crippen molar-refractivity contribution in [3.8, 4) is 0 Å². The molecule has 0 fully saturated rings. The van der Waals surface area contributed by atoms with E-state index in [1.54, 1.807) is 6.07 Å². The molecule has 0 spiro atoms. The largest absolute Gasteiger partial charge is 0.477 e. The van der Waals surface area contributed by atoms with Gasteiger partial charge in [-0.1, -0.05) is 38.2 Å². The van der Waals surface area contributed by atoms with Gasteiger partial charge in [0.2, 0.25) is 0 Å². The van der Waals surface area contributed by atoms with E-state index in [2.05, 4.69) is 11.9 Å². The zero-order valence-corrected chi connectivity index (χ0v) is 12.9. The summed E-state index contributed by atoms with van der Waals surface area (Å²) in [5, 5.41) is 14.0. The Labute approximate surface area is 125 Å². The Morgan fingerprint density at radius 3 is 2.45 bits per heavy atom. The maximum absolute atomic E-state index is 10.7. The lowest BCUT2D eigenvalue weighted by Gasteiger charge is -2.04. The maximum atomic E-state index is 10.7. The Morgan fingerprint density at radius 2 is 1.85 bits per heavy atom. The summed E-state index contributed by atoms with van der Waals surface area (Å²) >= 11 is 1.27. The van der Waals surface area contributed by atoms with Gasteiger partial charge in [0.15, 0.2) is 0 Å². The zero-order valence-electron chi connectivity index (χ0n) is 12.1. The lowest BCUT2D eigenvalue weighted by Crippen LogP contribution is -2.00. The topological polar surface area (TPSA) is 49.3 Å². The first-order valence-corrected chi connectivity index (χ1v) is 8.28. The summed E-state index contributed by atoms with van der Waals surface area (Å²) < 4.78 is 0. The highest BCUT2D eigenvalue weighted by Crippen LogP contribution is 2.19. The number of carboxylic acids is 1. The summed E-state index contributed by atoms with van der Waals surface area (Å²) in [5.41, 5.74) is 0.928. The molecule has 2 N–H and O–H groups in total. The van der Waals surface area contributed by atoms with Crippen LogP contribution in [0, 0.1) is 0 Å². The maximum Gasteiger partial charge on any atom is 0.345 e. The van der Waals surface area contributed by atoms with Crippen molar-refractivity contribution < 1.29 is 9.90 Å². The smallest absolute Gasteiger partial charge is 0.345 e. The van der Waals surface area contributed by atoms with Crippen LogP contribution in [-0.2, 0) is 0 Å². The number of carboxylic acid groups (broad SMARTS) is 1. The van der Waals surface area contributed by atoms with E-state index in [9.17, 15) is 4.79 Å². The molecule has 0 atom stereocenters. The number of rotatable bonds is 12. The second-order valence-electron chi connectivity index (χ2n) is 4.98. The molecule has 3 nitrogen and oxygen atoms in total. The zero-order chi connectivity index (χ0) is 14.6. The molecule has 1 aromatic heterocycles. The summed E-state index contributed by atoms with van der Waals surface area (Å²) in [6, 6.07) is 1.70. The van der Waals surface area contributed by atoms with Crippen molar-refractivity contribution >= 4 is 23.0 Å². The minimum atomic E-state index is -0.848. The standard InChI is InChI=1S/C16H25NO2S/c1-2-3-4-5-6-7-8-9-10-11-17-14-12-15(16(18)19)20-13-14/h2,12-13,17H,1,3-11H2,(H,18,19). The average molecular weight is 295 g/mol. The van der Waals surface area contributed by atoms with E-state index in [1.807, 2.05) is 11.5 Å². The summed E-state index contributed by atoms with van der Waals surface area (Å²) in [4.78, 5) is 11.1. The molecular formula is C16H25NO2S. The Hall–Kier alpha value is -1.29. The van der Waals surface area contributed by atoms with Crippen LogP contribution < -0.4 is 5.32 Å². The predicted molar refractivity (Wildman–Crippen MR) is 86.9 cm³/mol. The van der Waals surface area contributed by atoms with Crippen molar-refractivity contribution in [1.29, 1.82) is 0 Å². The van der Waals surface area contributed by atoms with Gasteiger partial charge in [-0.15, -0.1) is 17.9 Å². The molecule has 0 saturated carbocycles. The molecule has 0 aliphatic carbocycles. The van der Waals surface area contributed by atoms with Crippen molar-refractivity contribution in [2.24, 2.45) is 0 Å². The number of allylic oxidation sites excluding steroid dienone is 1. The molecule has 1 rings (SSSR count). The third kappa shape index (κ3) is 7.34. The summed E-state index contributed by atoms with van der Waals surface area (Å²) in [6.45, 7) is 4.65. The first kappa shape index (κ1) is 16.8. The van der Waals surface area contributed by atoms with Crippen LogP contribution in [0.1, 0.15) is 61.0 Å². The molecule has 0 unspecified atom stereocenters. The first-order valence-electron chi connectivity index (χ1n) is 7.40. The number of carbonyl (C=O) groups is 1. The SMILES string of the molecule is C=CCCCCCCCCCNc1csc(C(=O)O)c1. The molecule has 0 amide bonds. The van der Waals surface area contributed by atoms with Crippen molar-refractivity contribution in [3.63, 3.8) is 0 Å². The second kappa shape index (κ2) is 10.5. The second-order valence-corrected chi connectivity index (χ2v) is 5.90. The number of unbranched alkanes of at least 4 members (excludes halogenated alkanes) is 7. The number of anilines is 1. The van der Waals surface area contributed by atoms with Gasteiger partial charge in [0.1, 0.15) is 4.88 Å². The monoisotopic (exact) mass is 295 g/mol. The van der Waals surface area contributed by atoms with E-state index in [1.165, 1.54) is 49.9 Å². The number of thiophene rings is 1. The van der Waals surface area contributed by atoms with Gasteiger partial charge >= 0.3 is 5.97 Å². The van der Waals surface area contributed by atoms with Gasteiger partial charge in [-0.3, -0.25) is 0 Å². The van der Waals surface area contributed by atoms with Gasteiger partial charge in [0.25, 0.3) is 0 Å². The lowest BCUT2D eigenvalue weighted by molar-refractivity contribution is 0.0702. The van der Waals surface area contributed by atoms with E-state index < -0.39 is 5.97 Å². The lowest BCUT2D eigenvalue weighted by atomic mass is 10.1. The van der Waals surface area contributed by atoms with Gasteiger partial charge in [-0.2, -0.15) is 0 Å². The van der Waals surface area contributed by atoms with Gasteiger partial charge in [-0.05, 0) is 25.3 Å². The number of aromatic carboxylic acids is 1. The van der Waals surface area contributed by atoms with Gasteiger partial charge < -0.3 is 10.4 Å². The molecular weight excluding hydrogens is 270 g/mol. The molecule has 0 aliphatic heterocycles. The Bertz CT molecular complexity index is 401. The molecule has 1 aromatic rings. The molecule has 4 heteroatoms. The Balaban J connectivity index is 1.94. The third-order valence-electron chi connectivity index (χ3n) is 3.22. The highest BCUT2D eigenvalue weighted by Gasteiger charge is 2.05. The van der Waals surface area contributed by atoms with Gasteiger partial charge in [-0.25, -0.2) is 4.79 Å². The fraction of sp³-hybridized carbons (Fsp3) is 0.562. The molecule has 0 saturated heterocycles. The van der Waals surface area contributed by atoms with E-state index in [0.29, 0.717) is 4.88 Å². The molecule has 112 valence electrons. The van der Waals surface area contributed by atoms with E-state index >= 15 is 0 Å². The molecule has 1 heterocycles. The highest BCUT2D eigenvalue weighted by atomic mass is 32.1. The van der Waals surface area contributed by atoms with Crippen molar-refractivity contribution in [2.75, 3.05) is 11.9 Å². The first-order chi connectivity index (χ1) is 9.74. The predicted octanol–water partition coefficient (Wildman–Crippen LogP) is 5.17. The van der Waals surface area contributed by atoms with Crippen LogP contribution in [0.4, 0.5) is 5.69 Å². The Morgan fingerprint density at radius 1 is 1.20 bits per heavy atom. The fourth-order valence-corrected chi connectivity index (χ4v) is 2.77. The van der Waals surface area contributed by atoms with Crippen LogP contribution in [0.5, 0.6) is 0 Å². The van der Waals surface area contributed by atoms with E-state index in [4.69, 9.17) is 5.11 Å². The van der Waals surface area contributed by atoms with Crippen LogP contribution in [-0.4, -0.2) is 17.6 Å². The molecule has 0 bridgehead atoms. The highest BCUT2D eigenvalue weighted by molar-refractivity contribution is 7.12. The average Bonchev–Trinajstić information content (AvgIpc) is 2.90. The number of hydrogen-bond acceptors (Lipinski definition) is 3. The minimum Gasteiger partial charge on any atom is -0.477 e. The van der Waals surface area contributed by atoms with Crippen LogP contribution in [0.3, 0.4) is 0 Å². The summed E-state index contributed by atoms with van der Waals surface area (Å²) in [7, 11) is 0. The van der Waals surface area contributed by atoms with Gasteiger partial charge in [0.05, 0.1) is 0 Å². The van der Waals surface area contributed by atoms with E-state index in [-0.39, 0.29) is 0 Å². The van der Waals surface area contributed by atoms with Crippen LogP contribution in [0.15, 0.2) is 24.1 Å². The third-order valence-corrected chi connectivity index (χ3v) is 4.14. The summed E-state index contributed by atoms with van der Waals surface area (Å²) in [6.07, 6.45) is 12.0. The fourth-order valence-electron chi connectivity index (χ4n) is 2.07. The molecule has 0 radical (unpaired) electrons. The molecule has 20 heavy (non-hydrogen) atoms. The van der Waals surface area contributed by atoms with Gasteiger partial charge in [0, 0.05) is 17.6 Å². The normalized spacial score (nSPS) is 10.4. The summed E-state index contributed by atoms with van der Waals surface area (Å²) in [5.74, 6) is -0.848. The molecule has 0 aliphatic rings. The molecule has 0 aromatic carbocycles. The van der Waals surface area contributed by atoms with Crippen molar-refractivity contribution in [2.45, 2.75) is 51.4 Å². The quantitative estimate of drug-likeness (QED) is 0.413. The van der Waals surface area contributed by atoms with Crippen molar-refractivity contribution in [3.05, 3.63) is 29.0 Å². The minimum absolute atomic E-state index is 0.395. The Kier molecular flexibility index (Phi) is 8.79. The van der Waals surface area contributed by atoms with Crippen LogP contribution in [0.25, 0.3) is 0 Å². The van der Waals surface area contributed by atoms with Crippen LogP contribution in [0.2, 0.25) is 0 Å². The van der Waals surface area contributed by atoms with E-state index in [0.717, 1.165) is 25.1 Å². The van der Waals surface area contributed by atoms with Crippen LogP contribution >= 0.6 is 11.3 Å². The van der Waals surface area contributed by atoms with Crippen molar-refractivity contribution in [1.82, 2.24) is 0 Å².